The number of benzene rings is 1. The summed E-state index contributed by atoms with van der Waals surface area (Å²) in [6.45, 7) is 0.504. The fourth-order valence-corrected chi connectivity index (χ4v) is 2.02. The van der Waals surface area contributed by atoms with Crippen LogP contribution < -0.4 is 15.8 Å². The third-order valence-electron chi connectivity index (χ3n) is 2.11. The highest BCUT2D eigenvalue weighted by molar-refractivity contribution is 7.89. The molecule has 1 aromatic carbocycles. The summed E-state index contributed by atoms with van der Waals surface area (Å²) in [6.07, 6.45) is 0. The molecule has 1 aliphatic heterocycles. The largest absolute Gasteiger partial charge is 0.356 e. The van der Waals surface area contributed by atoms with Crippen molar-refractivity contribution in [3.8, 4) is 0 Å². The molecule has 0 saturated carbocycles. The van der Waals surface area contributed by atoms with E-state index < -0.39 is 15.5 Å². The monoisotopic (exact) mass is 213 g/mol. The van der Waals surface area contributed by atoms with E-state index in [1.807, 2.05) is 24.3 Å². The lowest BCUT2D eigenvalue weighted by Crippen LogP contribution is -2.48. The molecular weight excluding hydrogens is 202 g/mol. The highest BCUT2D eigenvalue weighted by Gasteiger charge is 2.24. The Morgan fingerprint density at radius 1 is 1.36 bits per heavy atom. The summed E-state index contributed by atoms with van der Waals surface area (Å²) < 4.78 is 22.1. The summed E-state index contributed by atoms with van der Waals surface area (Å²) in [4.78, 5) is 0. The van der Waals surface area contributed by atoms with Gasteiger partial charge in [0.05, 0.1) is 0 Å². The number of fused-ring (bicyclic) bond motifs is 1. The molecule has 76 valence electrons. The van der Waals surface area contributed by atoms with Gasteiger partial charge in [0.25, 0.3) is 0 Å². The highest BCUT2D eigenvalue weighted by Crippen LogP contribution is 2.19. The van der Waals surface area contributed by atoms with Crippen molar-refractivity contribution in [2.45, 2.75) is 12.0 Å². The van der Waals surface area contributed by atoms with Crippen LogP contribution in [0.4, 0.5) is 5.69 Å². The first kappa shape index (κ1) is 9.45. The lowest BCUT2D eigenvalue weighted by atomic mass is 10.1. The van der Waals surface area contributed by atoms with Gasteiger partial charge >= 0.3 is 0 Å². The van der Waals surface area contributed by atoms with E-state index in [2.05, 4.69) is 10.6 Å². The van der Waals surface area contributed by atoms with Gasteiger partial charge in [-0.15, -0.1) is 0 Å². The van der Waals surface area contributed by atoms with Crippen LogP contribution in [-0.4, -0.2) is 13.9 Å². The zero-order chi connectivity index (χ0) is 10.2. The second-order valence-electron chi connectivity index (χ2n) is 3.15. The Morgan fingerprint density at radius 3 is 2.79 bits per heavy atom. The lowest BCUT2D eigenvalue weighted by molar-refractivity contribution is 0.558. The van der Waals surface area contributed by atoms with Crippen molar-refractivity contribution in [3.05, 3.63) is 29.8 Å². The van der Waals surface area contributed by atoms with Crippen LogP contribution in [0.2, 0.25) is 0 Å². The molecule has 0 radical (unpaired) electrons. The Bertz CT molecular complexity index is 444. The summed E-state index contributed by atoms with van der Waals surface area (Å²) in [5, 5.41) is 10.6. The molecule has 1 aromatic rings. The molecule has 0 amide bonds. The maximum Gasteiger partial charge on any atom is 0.244 e. The molecule has 6 heteroatoms. The van der Waals surface area contributed by atoms with Gasteiger partial charge in [-0.05, 0) is 11.6 Å². The average Bonchev–Trinajstić information content (AvgIpc) is 2.16. The van der Waals surface area contributed by atoms with Crippen molar-refractivity contribution in [3.63, 3.8) is 0 Å². The fraction of sp³-hybridized carbons (Fsp3) is 0.250. The fourth-order valence-electron chi connectivity index (χ4n) is 1.41. The first-order valence-corrected chi connectivity index (χ1v) is 5.78. The molecule has 0 saturated heterocycles. The zero-order valence-electron chi connectivity index (χ0n) is 7.40. The molecule has 0 fully saturated rings. The van der Waals surface area contributed by atoms with Crippen LogP contribution in [0.3, 0.4) is 0 Å². The summed E-state index contributed by atoms with van der Waals surface area (Å²) in [7, 11) is -3.59. The Balaban J connectivity index is 2.30. The van der Waals surface area contributed by atoms with Gasteiger partial charge < -0.3 is 5.32 Å². The Kier molecular flexibility index (Phi) is 2.18. The van der Waals surface area contributed by atoms with Crippen molar-refractivity contribution in [1.29, 1.82) is 0 Å². The number of primary sulfonamides is 1. The smallest absolute Gasteiger partial charge is 0.244 e. The van der Waals surface area contributed by atoms with Gasteiger partial charge in [-0.25, -0.2) is 13.6 Å². The van der Waals surface area contributed by atoms with Crippen LogP contribution in [0.1, 0.15) is 5.56 Å². The molecule has 0 aliphatic carbocycles. The molecular formula is C8H11N3O2S. The summed E-state index contributed by atoms with van der Waals surface area (Å²) in [5.41, 5.74) is 0.954. The molecule has 5 nitrogen and oxygen atoms in total. The van der Waals surface area contributed by atoms with E-state index >= 15 is 0 Å². The number of anilines is 1. The summed E-state index contributed by atoms with van der Waals surface area (Å²) in [5.74, 6) is 0. The second kappa shape index (κ2) is 3.23. The standard InChI is InChI=1S/C8H11N3O2S/c9-14(12,13)8-10-5-6-3-1-2-4-7(6)11-8/h1-4,8,10-11H,5H2,(H2,9,12,13). The van der Waals surface area contributed by atoms with Gasteiger partial charge in [0, 0.05) is 12.2 Å². The first-order chi connectivity index (χ1) is 6.57. The molecule has 2 rings (SSSR count). The van der Waals surface area contributed by atoms with Crippen molar-refractivity contribution >= 4 is 15.7 Å². The molecule has 4 N–H and O–H groups in total. The molecule has 1 aliphatic rings. The molecule has 0 bridgehead atoms. The third kappa shape index (κ3) is 1.72. The normalized spacial score (nSPS) is 21.1. The molecule has 1 unspecified atom stereocenters. The third-order valence-corrected chi connectivity index (χ3v) is 3.05. The minimum Gasteiger partial charge on any atom is -0.356 e. The van der Waals surface area contributed by atoms with Crippen LogP contribution >= 0.6 is 0 Å². The van der Waals surface area contributed by atoms with E-state index in [1.165, 1.54) is 0 Å². The molecule has 1 atom stereocenters. The van der Waals surface area contributed by atoms with E-state index in [4.69, 9.17) is 5.14 Å². The van der Waals surface area contributed by atoms with E-state index in [0.29, 0.717) is 6.54 Å². The predicted molar refractivity (Wildman–Crippen MR) is 53.8 cm³/mol. The summed E-state index contributed by atoms with van der Waals surface area (Å²) in [6, 6.07) is 7.50. The van der Waals surface area contributed by atoms with Gasteiger partial charge in [0.1, 0.15) is 0 Å². The molecule has 14 heavy (non-hydrogen) atoms. The second-order valence-corrected chi connectivity index (χ2v) is 4.80. The van der Waals surface area contributed by atoms with Crippen molar-refractivity contribution in [2.75, 3.05) is 5.32 Å². The number of para-hydroxylation sites is 1. The van der Waals surface area contributed by atoms with Gasteiger partial charge in [-0.3, -0.25) is 5.32 Å². The van der Waals surface area contributed by atoms with Gasteiger partial charge in [0.15, 0.2) is 5.50 Å². The minimum absolute atomic E-state index is 0.504. The van der Waals surface area contributed by atoms with Crippen LogP contribution in [-0.2, 0) is 16.6 Å². The quantitative estimate of drug-likeness (QED) is 0.602. The number of hydrogen-bond donors (Lipinski definition) is 3. The zero-order valence-corrected chi connectivity index (χ0v) is 8.21. The molecule has 1 heterocycles. The van der Waals surface area contributed by atoms with Crippen LogP contribution in [0, 0.1) is 0 Å². The topological polar surface area (TPSA) is 84.2 Å². The van der Waals surface area contributed by atoms with E-state index in [1.54, 1.807) is 0 Å². The van der Waals surface area contributed by atoms with Crippen molar-refractivity contribution in [1.82, 2.24) is 5.32 Å². The number of hydrogen-bond acceptors (Lipinski definition) is 4. The SMILES string of the molecule is NS(=O)(=O)C1NCc2ccccc2N1. The lowest BCUT2D eigenvalue weighted by Gasteiger charge is -2.26. The number of rotatable bonds is 1. The number of nitrogens with two attached hydrogens (primary N) is 1. The average molecular weight is 213 g/mol. The van der Waals surface area contributed by atoms with Gasteiger partial charge in [-0.1, -0.05) is 18.2 Å². The van der Waals surface area contributed by atoms with Crippen molar-refractivity contribution < 1.29 is 8.42 Å². The Morgan fingerprint density at radius 2 is 2.07 bits per heavy atom. The number of sulfonamides is 1. The maximum atomic E-state index is 11.0. The van der Waals surface area contributed by atoms with Crippen LogP contribution in [0.5, 0.6) is 0 Å². The summed E-state index contributed by atoms with van der Waals surface area (Å²) >= 11 is 0. The highest BCUT2D eigenvalue weighted by atomic mass is 32.2. The maximum absolute atomic E-state index is 11.0. The van der Waals surface area contributed by atoms with Crippen molar-refractivity contribution in [2.24, 2.45) is 5.14 Å². The first-order valence-electron chi connectivity index (χ1n) is 4.17. The van der Waals surface area contributed by atoms with Crippen LogP contribution in [0.15, 0.2) is 24.3 Å². The Labute approximate surface area is 82.4 Å². The minimum atomic E-state index is -3.59. The number of nitrogens with one attached hydrogen (secondary N) is 2. The van der Waals surface area contributed by atoms with E-state index in [9.17, 15) is 8.42 Å². The van der Waals surface area contributed by atoms with Gasteiger partial charge in [0.2, 0.25) is 10.0 Å². The van der Waals surface area contributed by atoms with E-state index in [-0.39, 0.29) is 0 Å². The van der Waals surface area contributed by atoms with Crippen LogP contribution in [0.25, 0.3) is 0 Å². The van der Waals surface area contributed by atoms with Gasteiger partial charge in [-0.2, -0.15) is 0 Å². The van der Waals surface area contributed by atoms with E-state index in [0.717, 1.165) is 11.3 Å². The Hall–Kier alpha value is -1.11. The molecule has 0 spiro atoms. The molecule has 0 aromatic heterocycles. The predicted octanol–water partition coefficient (Wildman–Crippen LogP) is -0.226.